The molecule has 0 bridgehead atoms. The fraction of sp³-hybridized carbons (Fsp3) is 0.615. The number of carbonyl (C=O) groups is 1. The van der Waals surface area contributed by atoms with E-state index in [2.05, 4.69) is 4.90 Å². The van der Waals surface area contributed by atoms with Gasteiger partial charge >= 0.3 is 11.0 Å². The zero-order valence-electron chi connectivity index (χ0n) is 11.4. The Morgan fingerprint density at radius 3 is 2.90 bits per heavy atom. The van der Waals surface area contributed by atoms with Gasteiger partial charge in [-0.25, -0.2) is 0 Å². The van der Waals surface area contributed by atoms with Crippen LogP contribution in [0.3, 0.4) is 0 Å². The second kappa shape index (κ2) is 5.88. The highest BCUT2D eigenvalue weighted by atomic mass is 32.1. The van der Waals surface area contributed by atoms with Crippen LogP contribution < -0.4 is 0 Å². The average molecular weight is 298 g/mol. The van der Waals surface area contributed by atoms with E-state index in [0.717, 1.165) is 29.2 Å². The first-order chi connectivity index (χ1) is 9.47. The maximum Gasteiger partial charge on any atom is 0.324 e. The number of hydrogen-bond acceptors (Lipinski definition) is 5. The van der Waals surface area contributed by atoms with Gasteiger partial charge in [-0.1, -0.05) is 18.3 Å². The minimum absolute atomic E-state index is 0.136. The first-order valence-electron chi connectivity index (χ1n) is 6.66. The van der Waals surface area contributed by atoms with Crippen molar-refractivity contribution in [3.8, 4) is 0 Å². The smallest absolute Gasteiger partial charge is 0.324 e. The topological polar surface area (TPSA) is 83.7 Å². The molecule has 0 aliphatic carbocycles. The Hall–Kier alpha value is -1.47. The lowest BCUT2D eigenvalue weighted by Crippen LogP contribution is -2.47. The fourth-order valence-electron chi connectivity index (χ4n) is 2.75. The van der Waals surface area contributed by atoms with Crippen molar-refractivity contribution in [1.82, 2.24) is 4.90 Å². The van der Waals surface area contributed by atoms with Crippen LogP contribution in [0.2, 0.25) is 0 Å². The number of nitrogens with zero attached hydrogens (tertiary/aromatic N) is 2. The summed E-state index contributed by atoms with van der Waals surface area (Å²) in [6.45, 7) is 3.87. The van der Waals surface area contributed by atoms with E-state index in [0.29, 0.717) is 25.9 Å². The third kappa shape index (κ3) is 2.99. The minimum Gasteiger partial charge on any atom is -0.481 e. The third-order valence-corrected chi connectivity index (χ3v) is 5.01. The number of likely N-dealkylation sites (tertiary alicyclic amines) is 1. The number of aliphatic carboxylic acids is 1. The van der Waals surface area contributed by atoms with Crippen LogP contribution in [-0.2, 0) is 11.3 Å². The van der Waals surface area contributed by atoms with Gasteiger partial charge in [-0.15, -0.1) is 0 Å². The van der Waals surface area contributed by atoms with Gasteiger partial charge in [0, 0.05) is 24.0 Å². The van der Waals surface area contributed by atoms with Crippen molar-refractivity contribution in [1.29, 1.82) is 0 Å². The van der Waals surface area contributed by atoms with E-state index in [1.807, 2.05) is 6.92 Å². The molecule has 0 saturated carbocycles. The van der Waals surface area contributed by atoms with Gasteiger partial charge in [0.05, 0.1) is 10.3 Å². The Kier molecular flexibility index (Phi) is 4.39. The van der Waals surface area contributed by atoms with Gasteiger partial charge in [0.2, 0.25) is 0 Å². The Morgan fingerprint density at radius 1 is 1.60 bits per heavy atom. The lowest BCUT2D eigenvalue weighted by atomic mass is 9.77. The number of carboxylic acids is 1. The highest BCUT2D eigenvalue weighted by molar-refractivity contribution is 7.15. The lowest BCUT2D eigenvalue weighted by molar-refractivity contribution is -0.380. The monoisotopic (exact) mass is 298 g/mol. The van der Waals surface area contributed by atoms with Gasteiger partial charge in [-0.3, -0.25) is 19.8 Å². The van der Waals surface area contributed by atoms with Gasteiger partial charge in [0.1, 0.15) is 0 Å². The molecule has 0 radical (unpaired) electrons. The molecule has 2 heterocycles. The van der Waals surface area contributed by atoms with Crippen LogP contribution in [0.25, 0.3) is 0 Å². The van der Waals surface area contributed by atoms with Gasteiger partial charge in [-0.2, -0.15) is 0 Å². The van der Waals surface area contributed by atoms with Gasteiger partial charge in [0.25, 0.3) is 0 Å². The van der Waals surface area contributed by atoms with E-state index >= 15 is 0 Å². The van der Waals surface area contributed by atoms with E-state index in [-0.39, 0.29) is 5.00 Å². The quantitative estimate of drug-likeness (QED) is 0.667. The summed E-state index contributed by atoms with van der Waals surface area (Å²) in [4.78, 5) is 24.8. The molecule has 2 rings (SSSR count). The molecule has 7 heteroatoms. The average Bonchev–Trinajstić information content (AvgIpc) is 2.87. The van der Waals surface area contributed by atoms with Crippen molar-refractivity contribution in [2.24, 2.45) is 5.41 Å². The molecule has 1 saturated heterocycles. The van der Waals surface area contributed by atoms with Crippen LogP contribution in [0, 0.1) is 15.5 Å². The van der Waals surface area contributed by atoms with Crippen molar-refractivity contribution >= 4 is 22.3 Å². The van der Waals surface area contributed by atoms with E-state index in [1.165, 1.54) is 6.07 Å². The molecule has 1 atom stereocenters. The number of hydrogen-bond donors (Lipinski definition) is 1. The summed E-state index contributed by atoms with van der Waals surface area (Å²) in [7, 11) is 0. The van der Waals surface area contributed by atoms with Crippen LogP contribution in [0.4, 0.5) is 5.00 Å². The molecule has 0 amide bonds. The first kappa shape index (κ1) is 14.9. The summed E-state index contributed by atoms with van der Waals surface area (Å²) in [6, 6.07) is 3.26. The highest BCUT2D eigenvalue weighted by Crippen LogP contribution is 2.35. The first-order valence-corrected chi connectivity index (χ1v) is 7.47. The minimum atomic E-state index is -0.734. The molecule has 1 aliphatic rings. The fourth-order valence-corrected chi connectivity index (χ4v) is 3.61. The lowest BCUT2D eigenvalue weighted by Gasteiger charge is -2.39. The molecule has 110 valence electrons. The summed E-state index contributed by atoms with van der Waals surface area (Å²) in [6.07, 6.45) is 2.18. The van der Waals surface area contributed by atoms with Crippen LogP contribution in [-0.4, -0.2) is 34.0 Å². The van der Waals surface area contributed by atoms with Crippen molar-refractivity contribution in [2.45, 2.75) is 32.7 Å². The third-order valence-electron chi connectivity index (χ3n) is 3.99. The Labute approximate surface area is 121 Å². The maximum atomic E-state index is 11.5. The summed E-state index contributed by atoms with van der Waals surface area (Å²) in [5, 5.41) is 20.2. The predicted molar refractivity (Wildman–Crippen MR) is 75.8 cm³/mol. The summed E-state index contributed by atoms with van der Waals surface area (Å²) < 4.78 is 0. The van der Waals surface area contributed by atoms with E-state index in [9.17, 15) is 20.0 Å². The van der Waals surface area contributed by atoms with Crippen LogP contribution >= 0.6 is 11.3 Å². The van der Waals surface area contributed by atoms with E-state index in [4.69, 9.17) is 0 Å². The van der Waals surface area contributed by atoms with Crippen LogP contribution in [0.1, 0.15) is 31.1 Å². The number of thiophene rings is 1. The van der Waals surface area contributed by atoms with Crippen molar-refractivity contribution in [2.75, 3.05) is 13.1 Å². The summed E-state index contributed by atoms with van der Waals surface area (Å²) in [5.74, 6) is -0.734. The molecule has 1 aromatic heterocycles. The largest absolute Gasteiger partial charge is 0.481 e. The second-order valence-electron chi connectivity index (χ2n) is 5.25. The van der Waals surface area contributed by atoms with E-state index in [1.54, 1.807) is 6.07 Å². The highest BCUT2D eigenvalue weighted by Gasteiger charge is 2.40. The molecule has 1 fully saturated rings. The molecular weight excluding hydrogens is 280 g/mol. The zero-order valence-corrected chi connectivity index (χ0v) is 12.2. The molecule has 20 heavy (non-hydrogen) atoms. The molecule has 1 aromatic rings. The second-order valence-corrected chi connectivity index (χ2v) is 6.40. The maximum absolute atomic E-state index is 11.5. The van der Waals surface area contributed by atoms with Crippen molar-refractivity contribution in [3.63, 3.8) is 0 Å². The van der Waals surface area contributed by atoms with E-state index < -0.39 is 16.3 Å². The van der Waals surface area contributed by atoms with Crippen LogP contribution in [0.5, 0.6) is 0 Å². The van der Waals surface area contributed by atoms with Gasteiger partial charge in [-0.05, 0) is 31.9 Å². The number of piperidine rings is 1. The Morgan fingerprint density at radius 2 is 2.35 bits per heavy atom. The molecule has 1 N–H and O–H groups in total. The predicted octanol–water partition coefficient (Wildman–Crippen LogP) is 2.73. The standard InChI is InChI=1S/C13H18N2O4S/c1-2-13(12(16)17)6-3-7-14(9-13)8-10-4-5-11(20-10)15(18)19/h4-5H,2-3,6-9H2,1H3,(H,16,17). The molecule has 1 aliphatic heterocycles. The van der Waals surface area contributed by atoms with Crippen molar-refractivity contribution in [3.05, 3.63) is 27.1 Å². The van der Waals surface area contributed by atoms with Crippen molar-refractivity contribution < 1.29 is 14.8 Å². The van der Waals surface area contributed by atoms with Gasteiger partial charge in [0.15, 0.2) is 0 Å². The molecule has 1 unspecified atom stereocenters. The zero-order chi connectivity index (χ0) is 14.8. The number of nitro groups is 1. The Balaban J connectivity index is 2.05. The number of carboxylic acid groups (broad SMARTS) is 1. The SMILES string of the molecule is CCC1(C(=O)O)CCCN(Cc2ccc([N+](=O)[O-])s2)C1. The number of rotatable bonds is 5. The summed E-state index contributed by atoms with van der Waals surface area (Å²) in [5.41, 5.74) is -0.665. The molecular formula is C13H18N2O4S. The Bertz CT molecular complexity index is 516. The molecule has 0 aromatic carbocycles. The summed E-state index contributed by atoms with van der Waals surface area (Å²) >= 11 is 1.16. The molecule has 6 nitrogen and oxygen atoms in total. The normalized spacial score (nSPS) is 23.6. The van der Waals surface area contributed by atoms with Crippen LogP contribution in [0.15, 0.2) is 12.1 Å². The van der Waals surface area contributed by atoms with Gasteiger partial charge < -0.3 is 5.11 Å². The molecule has 0 spiro atoms.